The fourth-order valence-electron chi connectivity index (χ4n) is 4.48. The van der Waals surface area contributed by atoms with Crippen LogP contribution in [0.3, 0.4) is 0 Å². The summed E-state index contributed by atoms with van der Waals surface area (Å²) >= 11 is 0. The van der Waals surface area contributed by atoms with Crippen molar-refractivity contribution >= 4 is 7.40 Å². The lowest BCUT2D eigenvalue weighted by atomic mass is 9.90. The molecule has 0 amide bonds. The van der Waals surface area contributed by atoms with Crippen LogP contribution in [-0.4, -0.2) is 16.4 Å². The molecule has 5 heteroatoms. The van der Waals surface area contributed by atoms with E-state index in [1.165, 1.54) is 0 Å². The van der Waals surface area contributed by atoms with Gasteiger partial charge < -0.3 is 9.05 Å². The van der Waals surface area contributed by atoms with Crippen LogP contribution in [0.1, 0.15) is 22.9 Å². The third-order valence-electron chi connectivity index (χ3n) is 6.07. The lowest BCUT2D eigenvalue weighted by Crippen LogP contribution is -2.19. The molecule has 3 aromatic carbocycles. The molecule has 1 atom stereocenters. The van der Waals surface area contributed by atoms with Gasteiger partial charge in [-0.05, 0) is 39.9 Å². The summed E-state index contributed by atoms with van der Waals surface area (Å²) in [5, 5.41) is 0. The maximum absolute atomic E-state index is 14.3. The van der Waals surface area contributed by atoms with Crippen LogP contribution in [0, 0.1) is 0 Å². The Bertz CT molecular complexity index is 1340. The predicted octanol–water partition coefficient (Wildman–Crippen LogP) is 7.11. The van der Waals surface area contributed by atoms with Crippen LogP contribution < -0.4 is 0 Å². The molecule has 0 N–H and O–H groups in total. The van der Waals surface area contributed by atoms with Crippen LogP contribution in [-0.2, 0) is 7.05 Å². The maximum Gasteiger partial charge on any atom is 0.677 e. The van der Waals surface area contributed by atoms with E-state index in [1.807, 2.05) is 96.5 Å². The molecule has 0 saturated carbocycles. The Labute approximate surface area is 193 Å². The zero-order valence-electron chi connectivity index (χ0n) is 18.3. The third-order valence-corrected chi connectivity index (χ3v) is 6.07. The van der Waals surface area contributed by atoms with E-state index in [0.717, 1.165) is 38.0 Å². The lowest BCUT2D eigenvalue weighted by Gasteiger charge is -2.20. The Kier molecular flexibility index (Phi) is 5.70. The molecule has 0 fully saturated rings. The smallest absolute Gasteiger partial charge is 0.353 e. The van der Waals surface area contributed by atoms with Gasteiger partial charge in [0.15, 0.2) is 0 Å². The fraction of sp³-hybridized carbons (Fsp3) is 0.0714. The summed E-state index contributed by atoms with van der Waals surface area (Å²) in [6.07, 6.45) is 3.63. The molecule has 162 valence electrons. The third kappa shape index (κ3) is 4.14. The molecule has 5 rings (SSSR count). The van der Waals surface area contributed by atoms with Gasteiger partial charge in [0.1, 0.15) is 0 Å². The molecule has 0 saturated heterocycles. The highest BCUT2D eigenvalue weighted by atomic mass is 19.2. The van der Waals surface area contributed by atoms with Gasteiger partial charge in [0.25, 0.3) is 0 Å². The van der Waals surface area contributed by atoms with Gasteiger partial charge in [-0.2, -0.15) is 0 Å². The molecule has 0 spiro atoms. The number of halogens is 2. The normalized spacial score (nSPS) is 12.0. The van der Waals surface area contributed by atoms with Crippen LogP contribution in [0.2, 0.25) is 0 Å². The molecule has 2 heterocycles. The Morgan fingerprint density at radius 3 is 1.64 bits per heavy atom. The van der Waals surface area contributed by atoms with E-state index in [9.17, 15) is 8.63 Å². The van der Waals surface area contributed by atoms with Crippen LogP contribution in [0.4, 0.5) is 8.63 Å². The number of benzene rings is 3. The first kappa shape index (κ1) is 21.0. The minimum Gasteiger partial charge on any atom is -0.353 e. The van der Waals surface area contributed by atoms with Gasteiger partial charge in [-0.15, -0.1) is 0 Å². The molecule has 0 aliphatic rings. The van der Waals surface area contributed by atoms with Gasteiger partial charge in [-0.1, -0.05) is 91.0 Å². The summed E-state index contributed by atoms with van der Waals surface area (Å²) in [6.45, 7) is 0. The SMILES string of the molecule is Cn1cc(-c2ccccc2)cc1C(c1ccccc1)c1cc(-c2ccccc2)cn1B(F)F. The van der Waals surface area contributed by atoms with Crippen molar-refractivity contribution in [3.63, 3.8) is 0 Å². The second-order valence-electron chi connectivity index (χ2n) is 8.18. The van der Waals surface area contributed by atoms with Gasteiger partial charge in [0.2, 0.25) is 0 Å². The van der Waals surface area contributed by atoms with E-state index in [2.05, 4.69) is 24.4 Å². The first-order chi connectivity index (χ1) is 16.1. The maximum atomic E-state index is 14.3. The van der Waals surface area contributed by atoms with E-state index in [-0.39, 0.29) is 5.92 Å². The molecule has 0 radical (unpaired) electrons. The summed E-state index contributed by atoms with van der Waals surface area (Å²) in [4.78, 5) is 0. The fourth-order valence-corrected chi connectivity index (χ4v) is 4.48. The molecule has 1 unspecified atom stereocenters. The highest BCUT2D eigenvalue weighted by Crippen LogP contribution is 2.37. The van der Waals surface area contributed by atoms with Gasteiger partial charge in [-0.25, -0.2) is 0 Å². The Hall–Kier alpha value is -3.86. The summed E-state index contributed by atoms with van der Waals surface area (Å²) in [7, 11) is -0.664. The van der Waals surface area contributed by atoms with Crippen LogP contribution in [0.5, 0.6) is 0 Å². The van der Waals surface area contributed by atoms with Crippen molar-refractivity contribution in [2.24, 2.45) is 7.05 Å². The predicted molar refractivity (Wildman–Crippen MR) is 131 cm³/mol. The van der Waals surface area contributed by atoms with Crippen LogP contribution in [0.25, 0.3) is 22.3 Å². The van der Waals surface area contributed by atoms with Gasteiger partial charge in [0, 0.05) is 30.8 Å². The average molecular weight is 436 g/mol. The topological polar surface area (TPSA) is 9.86 Å². The quantitative estimate of drug-likeness (QED) is 0.251. The van der Waals surface area contributed by atoms with E-state index in [0.29, 0.717) is 5.69 Å². The first-order valence-corrected chi connectivity index (χ1v) is 10.9. The second kappa shape index (κ2) is 8.95. The summed E-state index contributed by atoms with van der Waals surface area (Å²) < 4.78 is 31.7. The van der Waals surface area contributed by atoms with Crippen molar-refractivity contribution in [2.45, 2.75) is 5.92 Å². The van der Waals surface area contributed by atoms with Gasteiger partial charge >= 0.3 is 7.40 Å². The summed E-state index contributed by atoms with van der Waals surface area (Å²) in [6, 6.07) is 33.7. The highest BCUT2D eigenvalue weighted by molar-refractivity contribution is 6.41. The van der Waals surface area contributed by atoms with Gasteiger partial charge in [0.05, 0.1) is 5.92 Å². The van der Waals surface area contributed by atoms with Crippen molar-refractivity contribution in [2.75, 3.05) is 0 Å². The Morgan fingerprint density at radius 2 is 1.09 bits per heavy atom. The van der Waals surface area contributed by atoms with Crippen molar-refractivity contribution in [1.29, 1.82) is 0 Å². The molecule has 33 heavy (non-hydrogen) atoms. The highest BCUT2D eigenvalue weighted by Gasteiger charge is 2.29. The standard InChI is InChI=1S/C28H23BF2N2/c1-32-19-24(21-11-5-2-6-12-21)17-26(32)28(23-15-9-4-10-16-23)27-18-25(20-33(27)29(30)31)22-13-7-3-8-14-22/h2-20,28H,1H3. The Morgan fingerprint density at radius 1 is 0.606 bits per heavy atom. The zero-order valence-corrected chi connectivity index (χ0v) is 18.3. The molecule has 0 bridgehead atoms. The number of hydrogen-bond donors (Lipinski definition) is 0. The van der Waals surface area contributed by atoms with Crippen LogP contribution in [0.15, 0.2) is 116 Å². The van der Waals surface area contributed by atoms with E-state index >= 15 is 0 Å². The molecule has 0 aliphatic heterocycles. The molecule has 0 aliphatic carbocycles. The van der Waals surface area contributed by atoms with Crippen LogP contribution >= 0.6 is 0 Å². The number of aryl methyl sites for hydroxylation is 1. The van der Waals surface area contributed by atoms with Crippen molar-refractivity contribution in [3.05, 3.63) is 132 Å². The number of nitrogens with zero attached hydrogens (tertiary/aromatic N) is 2. The summed E-state index contributed by atoms with van der Waals surface area (Å²) in [5.41, 5.74) is 6.35. The number of hydrogen-bond acceptors (Lipinski definition) is 0. The van der Waals surface area contributed by atoms with Crippen molar-refractivity contribution in [1.82, 2.24) is 9.05 Å². The van der Waals surface area contributed by atoms with Crippen molar-refractivity contribution < 1.29 is 8.63 Å². The molecule has 2 nitrogen and oxygen atoms in total. The minimum absolute atomic E-state index is 0.347. The molecule has 5 aromatic rings. The van der Waals surface area contributed by atoms with Gasteiger partial charge in [-0.3, -0.25) is 8.63 Å². The van der Waals surface area contributed by atoms with E-state index < -0.39 is 7.40 Å². The second-order valence-corrected chi connectivity index (χ2v) is 8.18. The number of aromatic nitrogens is 2. The molecular weight excluding hydrogens is 413 g/mol. The largest absolute Gasteiger partial charge is 0.677 e. The minimum atomic E-state index is -2.64. The zero-order chi connectivity index (χ0) is 22.8. The Balaban J connectivity index is 1.70. The van der Waals surface area contributed by atoms with Crippen molar-refractivity contribution in [3.8, 4) is 22.3 Å². The average Bonchev–Trinajstić information content (AvgIpc) is 3.46. The summed E-state index contributed by atoms with van der Waals surface area (Å²) in [5.74, 6) is -0.347. The molecule has 2 aromatic heterocycles. The lowest BCUT2D eigenvalue weighted by molar-refractivity contribution is 0.617. The molecular formula is C28H23BF2N2. The first-order valence-electron chi connectivity index (χ1n) is 10.9. The van der Waals surface area contributed by atoms with E-state index in [4.69, 9.17) is 0 Å². The van der Waals surface area contributed by atoms with E-state index in [1.54, 1.807) is 6.20 Å². The monoisotopic (exact) mass is 436 g/mol. The number of rotatable bonds is 6.